The van der Waals surface area contributed by atoms with Crippen LogP contribution in [0.4, 0.5) is 8.78 Å². The molecular formula is C23H24F2N2. The van der Waals surface area contributed by atoms with Crippen molar-refractivity contribution >= 4 is 6.21 Å². The van der Waals surface area contributed by atoms with E-state index >= 15 is 0 Å². The molecule has 0 heterocycles. The van der Waals surface area contributed by atoms with Gasteiger partial charge in [0, 0.05) is 17.3 Å². The lowest BCUT2D eigenvalue weighted by Gasteiger charge is -2.12. The second-order valence-corrected chi connectivity index (χ2v) is 6.12. The lowest BCUT2D eigenvalue weighted by molar-refractivity contribution is 0.546. The molecule has 0 spiro atoms. The molecule has 2 nitrogen and oxygen atoms in total. The van der Waals surface area contributed by atoms with Gasteiger partial charge in [-0.2, -0.15) is 5.26 Å². The molecule has 0 unspecified atom stereocenters. The number of nitrogens with one attached hydrogen (secondary N) is 1. The molecule has 0 aliphatic rings. The van der Waals surface area contributed by atoms with Crippen molar-refractivity contribution in [1.82, 2.24) is 0 Å². The van der Waals surface area contributed by atoms with Crippen LogP contribution < -0.4 is 0 Å². The molecule has 0 radical (unpaired) electrons. The largest absolute Gasteiger partial charge is 0.308 e. The van der Waals surface area contributed by atoms with Crippen LogP contribution in [0.15, 0.2) is 53.8 Å². The zero-order valence-corrected chi connectivity index (χ0v) is 16.0. The van der Waals surface area contributed by atoms with Crippen LogP contribution in [0.5, 0.6) is 0 Å². The lowest BCUT2D eigenvalue weighted by Crippen LogP contribution is -2.07. The van der Waals surface area contributed by atoms with Gasteiger partial charge in [-0.1, -0.05) is 37.8 Å². The van der Waals surface area contributed by atoms with Gasteiger partial charge in [0.25, 0.3) is 0 Å². The molecule has 0 aliphatic heterocycles. The van der Waals surface area contributed by atoms with Gasteiger partial charge in [-0.25, -0.2) is 8.78 Å². The van der Waals surface area contributed by atoms with Crippen molar-refractivity contribution in [2.45, 2.75) is 40.0 Å². The Morgan fingerprint density at radius 3 is 2.48 bits per heavy atom. The number of rotatable bonds is 8. The van der Waals surface area contributed by atoms with Crippen LogP contribution in [-0.2, 0) is 6.42 Å². The summed E-state index contributed by atoms with van der Waals surface area (Å²) in [6.07, 6.45) is 7.27. The average molecular weight is 366 g/mol. The fraction of sp³-hybridized carbons (Fsp3) is 0.261. The normalized spacial score (nSPS) is 10.6. The highest BCUT2D eigenvalue weighted by molar-refractivity contribution is 5.83. The quantitative estimate of drug-likeness (QED) is 0.330. The van der Waals surface area contributed by atoms with Gasteiger partial charge in [-0.05, 0) is 55.9 Å². The van der Waals surface area contributed by atoms with E-state index in [1.54, 1.807) is 18.2 Å². The monoisotopic (exact) mass is 366 g/mol. The van der Waals surface area contributed by atoms with E-state index in [1.165, 1.54) is 6.92 Å². The van der Waals surface area contributed by atoms with Crippen molar-refractivity contribution in [3.05, 3.63) is 87.7 Å². The number of halogens is 2. The van der Waals surface area contributed by atoms with E-state index in [-0.39, 0.29) is 28.7 Å². The van der Waals surface area contributed by atoms with Crippen LogP contribution in [0.2, 0.25) is 0 Å². The first-order valence-electron chi connectivity index (χ1n) is 8.66. The highest BCUT2D eigenvalue weighted by atomic mass is 19.1. The zero-order chi connectivity index (χ0) is 20.6. The molecule has 0 saturated heterocycles. The summed E-state index contributed by atoms with van der Waals surface area (Å²) in [5.41, 5.74) is 5.48. The molecule has 0 fully saturated rings. The van der Waals surface area contributed by atoms with E-state index in [1.807, 2.05) is 19.9 Å². The predicted molar refractivity (Wildman–Crippen MR) is 107 cm³/mol. The minimum atomic E-state index is -0.901. The molecule has 1 aromatic carbocycles. The summed E-state index contributed by atoms with van der Waals surface area (Å²) in [4.78, 5) is 0. The molecule has 0 amide bonds. The Bertz CT molecular complexity index is 906. The van der Waals surface area contributed by atoms with Crippen molar-refractivity contribution in [2.24, 2.45) is 0 Å². The average Bonchev–Trinajstić information content (AvgIpc) is 2.67. The van der Waals surface area contributed by atoms with E-state index in [2.05, 4.69) is 18.9 Å². The van der Waals surface area contributed by atoms with Crippen LogP contribution in [0.1, 0.15) is 48.9 Å². The maximum Gasteiger partial charge on any atom is 0.147 e. The van der Waals surface area contributed by atoms with Gasteiger partial charge in [-0.15, -0.1) is 5.73 Å². The fourth-order valence-corrected chi connectivity index (χ4v) is 2.57. The maximum atomic E-state index is 14.6. The molecule has 0 aromatic heterocycles. The van der Waals surface area contributed by atoms with Crippen LogP contribution in [-0.4, -0.2) is 6.21 Å². The summed E-state index contributed by atoms with van der Waals surface area (Å²) in [6, 6.07) is 1.73. The third-order valence-electron chi connectivity index (χ3n) is 4.49. The van der Waals surface area contributed by atoms with Crippen LogP contribution in [0, 0.1) is 35.3 Å². The standard InChI is InChI=1S/C23H24F2N2/c1-6-15(3)16(4)9-8-10-18(7-2)11-12-19-22(24)17(5)20(13-26)21(14-27)23(19)25/h7-9,13,26H,2-3,6,11-12H2,1,4-5H3/b16-9+,26-13?. The number of benzene rings is 1. The highest BCUT2D eigenvalue weighted by Gasteiger charge is 2.21. The molecule has 140 valence electrons. The van der Waals surface area contributed by atoms with Crippen LogP contribution >= 0.6 is 0 Å². The Hall–Kier alpha value is -3.02. The number of nitrogens with zero attached hydrogens (tertiary/aromatic N) is 1. The third-order valence-corrected chi connectivity index (χ3v) is 4.49. The topological polar surface area (TPSA) is 47.6 Å². The molecule has 0 atom stereocenters. The van der Waals surface area contributed by atoms with Gasteiger partial charge in [0.1, 0.15) is 17.7 Å². The predicted octanol–water partition coefficient (Wildman–Crippen LogP) is 6.26. The number of hydrogen-bond donors (Lipinski definition) is 1. The number of nitriles is 1. The Morgan fingerprint density at radius 1 is 1.30 bits per heavy atom. The van der Waals surface area contributed by atoms with Crippen LogP contribution in [0.25, 0.3) is 0 Å². The molecule has 4 heteroatoms. The smallest absolute Gasteiger partial charge is 0.147 e. The summed E-state index contributed by atoms with van der Waals surface area (Å²) in [5.74, 6) is -1.62. The minimum Gasteiger partial charge on any atom is -0.308 e. The maximum absolute atomic E-state index is 14.6. The van der Waals surface area contributed by atoms with Gasteiger partial charge in [0.15, 0.2) is 0 Å². The van der Waals surface area contributed by atoms with Crippen molar-refractivity contribution in [3.8, 4) is 6.07 Å². The minimum absolute atomic E-state index is 0.0209. The SMILES string of the molecule is C=CC(=C=C/C=C(\C)C(=C)CC)CCc1c(F)c(C)c(C=N)c(C#N)c1F. The van der Waals surface area contributed by atoms with Crippen molar-refractivity contribution < 1.29 is 8.78 Å². The van der Waals surface area contributed by atoms with Gasteiger partial charge in [-0.3, -0.25) is 0 Å². The summed E-state index contributed by atoms with van der Waals surface area (Å²) in [6.45, 7) is 13.1. The summed E-state index contributed by atoms with van der Waals surface area (Å²) < 4.78 is 29.1. The first-order chi connectivity index (χ1) is 12.8. The van der Waals surface area contributed by atoms with E-state index in [0.29, 0.717) is 12.0 Å². The number of allylic oxidation sites excluding steroid dienone is 5. The van der Waals surface area contributed by atoms with Crippen molar-refractivity contribution in [3.63, 3.8) is 0 Å². The first kappa shape index (κ1) is 22.0. The Labute approximate surface area is 160 Å². The molecule has 1 aromatic rings. The molecule has 1 N–H and O–H groups in total. The highest BCUT2D eigenvalue weighted by Crippen LogP contribution is 2.26. The van der Waals surface area contributed by atoms with Crippen molar-refractivity contribution in [2.75, 3.05) is 0 Å². The molecule has 27 heavy (non-hydrogen) atoms. The molecule has 0 bridgehead atoms. The fourth-order valence-electron chi connectivity index (χ4n) is 2.57. The van der Waals surface area contributed by atoms with Crippen molar-refractivity contribution in [1.29, 1.82) is 10.7 Å². The first-order valence-corrected chi connectivity index (χ1v) is 8.66. The van der Waals surface area contributed by atoms with Crippen LogP contribution in [0.3, 0.4) is 0 Å². The summed E-state index contributed by atoms with van der Waals surface area (Å²) in [5, 5.41) is 16.5. The second kappa shape index (κ2) is 10.2. The summed E-state index contributed by atoms with van der Waals surface area (Å²) in [7, 11) is 0. The second-order valence-electron chi connectivity index (χ2n) is 6.12. The Kier molecular flexibility index (Phi) is 8.33. The van der Waals surface area contributed by atoms with Gasteiger partial charge in [0.2, 0.25) is 0 Å². The molecular weight excluding hydrogens is 342 g/mol. The Morgan fingerprint density at radius 2 is 1.96 bits per heavy atom. The molecule has 0 aliphatic carbocycles. The van der Waals surface area contributed by atoms with E-state index in [4.69, 9.17) is 10.7 Å². The van der Waals surface area contributed by atoms with E-state index < -0.39 is 11.6 Å². The number of hydrogen-bond acceptors (Lipinski definition) is 2. The molecule has 0 saturated carbocycles. The van der Waals surface area contributed by atoms with E-state index in [0.717, 1.165) is 23.8 Å². The third kappa shape index (κ3) is 5.23. The van der Waals surface area contributed by atoms with Gasteiger partial charge in [0.05, 0.1) is 5.56 Å². The van der Waals surface area contributed by atoms with Gasteiger partial charge >= 0.3 is 0 Å². The summed E-state index contributed by atoms with van der Waals surface area (Å²) >= 11 is 0. The van der Waals surface area contributed by atoms with E-state index in [9.17, 15) is 8.78 Å². The van der Waals surface area contributed by atoms with Gasteiger partial charge < -0.3 is 5.41 Å². The Balaban J connectivity index is 3.19. The zero-order valence-electron chi connectivity index (χ0n) is 16.0. The lowest BCUT2D eigenvalue weighted by atomic mass is 9.94. The molecule has 1 rings (SSSR count).